The molecule has 10 nitrogen and oxygen atoms in total. The molecule has 1 N–H and O–H groups in total. The zero-order valence-corrected chi connectivity index (χ0v) is 26.7. The first-order valence-electron chi connectivity index (χ1n) is 15.1. The molecule has 5 rings (SSSR count). The van der Waals surface area contributed by atoms with Crippen LogP contribution in [-0.4, -0.2) is 61.8 Å². The predicted molar refractivity (Wildman–Crippen MR) is 171 cm³/mol. The molecule has 1 saturated heterocycles. The van der Waals surface area contributed by atoms with Gasteiger partial charge >= 0.3 is 6.61 Å². The number of ether oxygens (including phenoxy) is 2. The standard InChI is InChI=1S/C34H35F2N5O5S/c1-3-47(43,44)31-14-6-24(7-15-31)32(16-18-37)38-33(42)25-4-8-26(9-5-25)40-21-30(20-28(40)22-45-34(35)36)46-29-12-10-27(11-13-29)41-19-17-23(2)39-41/h4-15,17,19,28,30,32,34H,3,16,20-22H2,1-2H3,(H,38,42)/t28-,30-,32-/m0/s1. The number of nitriles is 1. The maximum Gasteiger partial charge on any atom is 0.345 e. The largest absolute Gasteiger partial charge is 0.489 e. The molecular formula is C34H35F2N5O5S. The van der Waals surface area contributed by atoms with E-state index in [9.17, 15) is 27.3 Å². The van der Waals surface area contributed by atoms with Crippen LogP contribution < -0.4 is 15.0 Å². The third-order valence-corrected chi connectivity index (χ3v) is 9.75. The highest BCUT2D eigenvalue weighted by Crippen LogP contribution is 2.30. The number of alkyl halides is 2. The molecule has 3 atom stereocenters. The molecule has 1 aromatic heterocycles. The van der Waals surface area contributed by atoms with Crippen LogP contribution >= 0.6 is 0 Å². The Morgan fingerprint density at radius 3 is 2.32 bits per heavy atom. The van der Waals surface area contributed by atoms with Crippen molar-refractivity contribution in [1.29, 1.82) is 5.26 Å². The van der Waals surface area contributed by atoms with Crippen LogP contribution in [0.1, 0.15) is 47.4 Å². The number of aryl methyl sites for hydroxylation is 1. The Morgan fingerprint density at radius 1 is 1.04 bits per heavy atom. The van der Waals surface area contributed by atoms with E-state index in [1.54, 1.807) is 48.0 Å². The Morgan fingerprint density at radius 2 is 1.72 bits per heavy atom. The number of carbonyl (C=O) groups excluding carboxylic acids is 1. The van der Waals surface area contributed by atoms with Crippen molar-refractivity contribution in [3.8, 4) is 17.5 Å². The first-order chi connectivity index (χ1) is 22.6. The number of rotatable bonds is 13. The number of sulfone groups is 1. The second kappa shape index (κ2) is 14.7. The number of amides is 1. The lowest BCUT2D eigenvalue weighted by Crippen LogP contribution is -2.34. The van der Waals surface area contributed by atoms with Crippen LogP contribution in [0.3, 0.4) is 0 Å². The Balaban J connectivity index is 1.26. The molecule has 1 aliphatic heterocycles. The van der Waals surface area contributed by atoms with Gasteiger partial charge in [-0.3, -0.25) is 4.79 Å². The lowest BCUT2D eigenvalue weighted by atomic mass is 10.0. The second-order valence-corrected chi connectivity index (χ2v) is 13.5. The molecule has 2 heterocycles. The highest BCUT2D eigenvalue weighted by Gasteiger charge is 2.34. The number of benzene rings is 3. The molecule has 3 aromatic carbocycles. The Hall–Kier alpha value is -4.80. The number of carbonyl (C=O) groups is 1. The van der Waals surface area contributed by atoms with Crippen LogP contribution in [0.2, 0.25) is 0 Å². The topological polar surface area (TPSA) is 127 Å². The fraction of sp³-hybridized carbons (Fsp3) is 0.324. The van der Waals surface area contributed by atoms with E-state index in [2.05, 4.69) is 21.2 Å². The minimum Gasteiger partial charge on any atom is -0.489 e. The van der Waals surface area contributed by atoms with Crippen LogP contribution in [0, 0.1) is 18.3 Å². The Labute approximate surface area is 272 Å². The van der Waals surface area contributed by atoms with E-state index in [0.717, 1.165) is 11.4 Å². The van der Waals surface area contributed by atoms with E-state index >= 15 is 0 Å². The summed E-state index contributed by atoms with van der Waals surface area (Å²) in [7, 11) is -3.38. The smallest absolute Gasteiger partial charge is 0.345 e. The summed E-state index contributed by atoms with van der Waals surface area (Å²) in [4.78, 5) is 15.3. The van der Waals surface area contributed by atoms with Crippen LogP contribution in [0.4, 0.5) is 14.5 Å². The van der Waals surface area contributed by atoms with Gasteiger partial charge in [0.25, 0.3) is 5.91 Å². The zero-order valence-electron chi connectivity index (χ0n) is 25.9. The van der Waals surface area contributed by atoms with Gasteiger partial charge in [0.2, 0.25) is 0 Å². The van der Waals surface area contributed by atoms with Crippen LogP contribution in [0.5, 0.6) is 5.75 Å². The maximum absolute atomic E-state index is 13.2. The van der Waals surface area contributed by atoms with Crippen molar-refractivity contribution in [1.82, 2.24) is 15.1 Å². The van der Waals surface area contributed by atoms with Crippen LogP contribution in [-0.2, 0) is 14.6 Å². The fourth-order valence-electron chi connectivity index (χ4n) is 5.51. The van der Waals surface area contributed by atoms with Crippen molar-refractivity contribution >= 4 is 21.4 Å². The van der Waals surface area contributed by atoms with E-state index in [1.807, 2.05) is 48.4 Å². The molecule has 13 heteroatoms. The average molecular weight is 664 g/mol. The number of anilines is 1. The van der Waals surface area contributed by atoms with Crippen molar-refractivity contribution in [2.24, 2.45) is 0 Å². The monoisotopic (exact) mass is 663 g/mol. The third-order valence-electron chi connectivity index (χ3n) is 8.00. The number of nitrogens with zero attached hydrogens (tertiary/aromatic N) is 4. The molecule has 246 valence electrons. The maximum atomic E-state index is 13.2. The van der Waals surface area contributed by atoms with Gasteiger partial charge in [0, 0.05) is 23.9 Å². The number of hydrogen-bond acceptors (Lipinski definition) is 8. The average Bonchev–Trinajstić information content (AvgIpc) is 3.69. The molecule has 0 saturated carbocycles. The molecule has 1 aliphatic rings. The minimum atomic E-state index is -3.38. The molecule has 0 bridgehead atoms. The van der Waals surface area contributed by atoms with Gasteiger partial charge in [-0.15, -0.1) is 0 Å². The van der Waals surface area contributed by atoms with Gasteiger partial charge in [0.05, 0.1) is 59.8 Å². The minimum absolute atomic E-state index is 0.0175. The van der Waals surface area contributed by atoms with E-state index in [-0.39, 0.29) is 35.8 Å². The summed E-state index contributed by atoms with van der Waals surface area (Å²) in [6.07, 6.45) is 2.00. The predicted octanol–water partition coefficient (Wildman–Crippen LogP) is 5.62. The number of halogens is 2. The van der Waals surface area contributed by atoms with Gasteiger partial charge in [-0.05, 0) is 79.2 Å². The first-order valence-corrected chi connectivity index (χ1v) is 16.8. The van der Waals surface area contributed by atoms with E-state index in [0.29, 0.717) is 35.5 Å². The van der Waals surface area contributed by atoms with Gasteiger partial charge in [-0.2, -0.15) is 19.1 Å². The van der Waals surface area contributed by atoms with Gasteiger partial charge < -0.3 is 19.7 Å². The summed E-state index contributed by atoms with van der Waals surface area (Å²) in [5.74, 6) is 0.182. The lowest BCUT2D eigenvalue weighted by molar-refractivity contribution is -0.131. The van der Waals surface area contributed by atoms with E-state index in [4.69, 9.17) is 4.74 Å². The van der Waals surface area contributed by atoms with Crippen molar-refractivity contribution in [3.63, 3.8) is 0 Å². The van der Waals surface area contributed by atoms with Crippen molar-refractivity contribution in [3.05, 3.63) is 102 Å². The summed E-state index contributed by atoms with van der Waals surface area (Å²) >= 11 is 0. The molecule has 0 unspecified atom stereocenters. The fourth-order valence-corrected chi connectivity index (χ4v) is 6.39. The molecule has 0 aliphatic carbocycles. The highest BCUT2D eigenvalue weighted by molar-refractivity contribution is 7.91. The number of hydrogen-bond donors (Lipinski definition) is 1. The quantitative estimate of drug-likeness (QED) is 0.195. The zero-order chi connectivity index (χ0) is 33.6. The molecule has 0 spiro atoms. The normalized spacial score (nSPS) is 17.0. The summed E-state index contributed by atoms with van der Waals surface area (Å²) < 4.78 is 63.0. The number of aromatic nitrogens is 2. The van der Waals surface area contributed by atoms with Gasteiger partial charge in [0.15, 0.2) is 9.84 Å². The third kappa shape index (κ3) is 8.33. The summed E-state index contributed by atoms with van der Waals surface area (Å²) in [6, 6.07) is 23.2. The van der Waals surface area contributed by atoms with Gasteiger partial charge in [0.1, 0.15) is 11.9 Å². The molecule has 1 fully saturated rings. The van der Waals surface area contributed by atoms with Gasteiger partial charge in [-0.1, -0.05) is 19.1 Å². The van der Waals surface area contributed by atoms with Crippen molar-refractivity contribution in [2.45, 2.75) is 56.4 Å². The van der Waals surface area contributed by atoms with E-state index in [1.165, 1.54) is 12.1 Å². The highest BCUT2D eigenvalue weighted by atomic mass is 32.2. The van der Waals surface area contributed by atoms with Crippen LogP contribution in [0.25, 0.3) is 5.69 Å². The molecule has 0 radical (unpaired) electrons. The summed E-state index contributed by atoms with van der Waals surface area (Å²) in [6.45, 7) is 0.776. The number of nitrogens with one attached hydrogen (secondary N) is 1. The SMILES string of the molecule is CCS(=O)(=O)c1ccc([C@H](CC#N)NC(=O)c2ccc(N3C[C@@H](Oc4ccc(-n5ccc(C)n5)cc4)C[C@H]3COC(F)F)cc2)cc1. The molecule has 4 aromatic rings. The Kier molecular flexibility index (Phi) is 10.5. The lowest BCUT2D eigenvalue weighted by Gasteiger charge is -2.26. The van der Waals surface area contributed by atoms with Crippen molar-refractivity contribution in [2.75, 3.05) is 23.8 Å². The Bertz CT molecular complexity index is 1810. The van der Waals surface area contributed by atoms with Crippen LogP contribution in [0.15, 0.2) is 90.0 Å². The molecular weight excluding hydrogens is 628 g/mol. The van der Waals surface area contributed by atoms with Crippen molar-refractivity contribution < 1.29 is 31.5 Å². The molecule has 1 amide bonds. The molecule has 47 heavy (non-hydrogen) atoms. The summed E-state index contributed by atoms with van der Waals surface area (Å²) in [5, 5.41) is 16.6. The first kappa shape index (κ1) is 33.6. The second-order valence-electron chi connectivity index (χ2n) is 11.2. The summed E-state index contributed by atoms with van der Waals surface area (Å²) in [5.41, 5.74) is 3.43. The van der Waals surface area contributed by atoms with E-state index < -0.39 is 28.4 Å². The van der Waals surface area contributed by atoms with Gasteiger partial charge in [-0.25, -0.2) is 13.1 Å².